The van der Waals surface area contributed by atoms with E-state index in [0.29, 0.717) is 0 Å². The van der Waals surface area contributed by atoms with Crippen LogP contribution in [-0.2, 0) is 0 Å². The summed E-state index contributed by atoms with van der Waals surface area (Å²) >= 11 is 5.43. The molecule has 0 aliphatic carbocycles. The summed E-state index contributed by atoms with van der Waals surface area (Å²) in [5.74, 6) is 3.90. The van der Waals surface area contributed by atoms with Gasteiger partial charge in [0.25, 0.3) is 0 Å². The molecule has 0 unspecified atom stereocenters. The molecule has 1 aromatic carbocycles. The van der Waals surface area contributed by atoms with Crippen molar-refractivity contribution in [1.82, 2.24) is 5.43 Å². The van der Waals surface area contributed by atoms with E-state index in [2.05, 4.69) is 10.4 Å². The fourth-order valence-corrected chi connectivity index (χ4v) is 1.30. The van der Waals surface area contributed by atoms with Gasteiger partial charge in [-0.2, -0.15) is 0 Å². The van der Waals surface area contributed by atoms with Crippen molar-refractivity contribution in [3.63, 3.8) is 0 Å². The Kier molecular flexibility index (Phi) is 4.20. The molecule has 6 heteroatoms. The van der Waals surface area contributed by atoms with Gasteiger partial charge >= 0.3 is 0 Å². The summed E-state index contributed by atoms with van der Waals surface area (Å²) in [6.07, 6.45) is 0. The van der Waals surface area contributed by atoms with Gasteiger partial charge in [-0.3, -0.25) is 4.99 Å². The van der Waals surface area contributed by atoms with E-state index in [1.54, 1.807) is 13.8 Å². The van der Waals surface area contributed by atoms with E-state index in [4.69, 9.17) is 17.4 Å². The second-order valence-corrected chi connectivity index (χ2v) is 3.87. The first-order valence-electron chi connectivity index (χ1n) is 4.65. The number of nitrogens with one attached hydrogen (secondary N) is 1. The smallest absolute Gasteiger partial charge is 0.145 e. The zero-order valence-corrected chi connectivity index (χ0v) is 9.65. The third-order valence-corrected chi connectivity index (χ3v) is 2.08. The first-order valence-corrected chi connectivity index (χ1v) is 5.02. The number of nitrogens with zero attached hydrogens (tertiary/aromatic N) is 1. The summed E-state index contributed by atoms with van der Waals surface area (Å²) in [6, 6.07) is 1.75. The highest BCUT2D eigenvalue weighted by atomic mass is 35.5. The van der Waals surface area contributed by atoms with Gasteiger partial charge in [0, 0.05) is 6.04 Å². The SMILES string of the molecule is CC(C)N=C(NN)c1cc(F)c(Cl)cc1F. The first-order chi connectivity index (χ1) is 7.45. The maximum atomic E-state index is 13.5. The summed E-state index contributed by atoms with van der Waals surface area (Å²) in [6.45, 7) is 3.59. The number of benzene rings is 1. The van der Waals surface area contributed by atoms with Gasteiger partial charge in [-0.1, -0.05) is 11.6 Å². The molecule has 0 saturated carbocycles. The molecule has 0 aliphatic rings. The predicted molar refractivity (Wildman–Crippen MR) is 60.4 cm³/mol. The molecule has 0 radical (unpaired) electrons. The summed E-state index contributed by atoms with van der Waals surface area (Å²) in [4.78, 5) is 4.03. The van der Waals surface area contributed by atoms with Crippen LogP contribution in [0.2, 0.25) is 5.02 Å². The Bertz CT molecular complexity index is 419. The lowest BCUT2D eigenvalue weighted by atomic mass is 10.2. The molecule has 0 atom stereocenters. The summed E-state index contributed by atoms with van der Waals surface area (Å²) in [5.41, 5.74) is 2.19. The zero-order valence-electron chi connectivity index (χ0n) is 8.89. The van der Waals surface area contributed by atoms with E-state index in [-0.39, 0.29) is 22.5 Å². The molecule has 3 N–H and O–H groups in total. The van der Waals surface area contributed by atoms with Crippen molar-refractivity contribution in [3.05, 3.63) is 34.4 Å². The van der Waals surface area contributed by atoms with Crippen LogP contribution in [0.25, 0.3) is 0 Å². The fourth-order valence-electron chi connectivity index (χ4n) is 1.15. The number of hydrazine groups is 1. The van der Waals surface area contributed by atoms with Gasteiger partial charge in [-0.25, -0.2) is 14.6 Å². The van der Waals surface area contributed by atoms with Gasteiger partial charge in [-0.15, -0.1) is 0 Å². The highest BCUT2D eigenvalue weighted by molar-refractivity contribution is 6.30. The van der Waals surface area contributed by atoms with Crippen LogP contribution in [0.15, 0.2) is 17.1 Å². The molecule has 0 amide bonds. The van der Waals surface area contributed by atoms with E-state index >= 15 is 0 Å². The maximum absolute atomic E-state index is 13.5. The number of nitrogens with two attached hydrogens (primary N) is 1. The molecular weight excluding hydrogens is 236 g/mol. The maximum Gasteiger partial charge on any atom is 0.145 e. The molecule has 16 heavy (non-hydrogen) atoms. The molecule has 0 aromatic heterocycles. The van der Waals surface area contributed by atoms with Gasteiger partial charge in [0.15, 0.2) is 0 Å². The van der Waals surface area contributed by atoms with Crippen molar-refractivity contribution in [2.45, 2.75) is 19.9 Å². The number of amidine groups is 1. The molecule has 3 nitrogen and oxygen atoms in total. The Hall–Kier alpha value is -1.20. The fraction of sp³-hybridized carbons (Fsp3) is 0.300. The molecule has 0 heterocycles. The van der Waals surface area contributed by atoms with Gasteiger partial charge in [-0.05, 0) is 26.0 Å². The Morgan fingerprint density at radius 2 is 2.00 bits per heavy atom. The van der Waals surface area contributed by atoms with E-state index in [0.717, 1.165) is 12.1 Å². The third kappa shape index (κ3) is 2.90. The van der Waals surface area contributed by atoms with E-state index < -0.39 is 11.6 Å². The second kappa shape index (κ2) is 5.23. The van der Waals surface area contributed by atoms with E-state index in [1.165, 1.54) is 0 Å². The number of aliphatic imine (C=N–C) groups is 1. The van der Waals surface area contributed by atoms with Crippen LogP contribution in [0.5, 0.6) is 0 Å². The van der Waals surface area contributed by atoms with Crippen molar-refractivity contribution in [3.8, 4) is 0 Å². The number of halogens is 3. The summed E-state index contributed by atoms with van der Waals surface area (Å²) in [7, 11) is 0. The van der Waals surface area contributed by atoms with Crippen molar-refractivity contribution in [2.24, 2.45) is 10.8 Å². The third-order valence-electron chi connectivity index (χ3n) is 1.79. The van der Waals surface area contributed by atoms with E-state index in [1.807, 2.05) is 0 Å². The first kappa shape index (κ1) is 12.9. The minimum absolute atomic E-state index is 0.0434. The minimum atomic E-state index is -0.718. The predicted octanol–water partition coefficient (Wildman–Crippen LogP) is 2.24. The van der Waals surface area contributed by atoms with Crippen molar-refractivity contribution in [1.29, 1.82) is 0 Å². The van der Waals surface area contributed by atoms with Gasteiger partial charge in [0.1, 0.15) is 17.5 Å². The van der Waals surface area contributed by atoms with Crippen LogP contribution in [-0.4, -0.2) is 11.9 Å². The number of hydrogen-bond acceptors (Lipinski definition) is 2. The van der Waals surface area contributed by atoms with Crippen molar-refractivity contribution in [2.75, 3.05) is 0 Å². The summed E-state index contributed by atoms with van der Waals surface area (Å²) in [5, 5.41) is -0.276. The average molecular weight is 248 g/mol. The monoisotopic (exact) mass is 247 g/mol. The molecule has 0 saturated heterocycles. The summed E-state index contributed by atoms with van der Waals surface area (Å²) < 4.78 is 26.7. The minimum Gasteiger partial charge on any atom is -0.308 e. The molecular formula is C10H12ClF2N3. The van der Waals surface area contributed by atoms with E-state index in [9.17, 15) is 8.78 Å². The molecule has 1 aromatic rings. The Balaban J connectivity index is 3.26. The lowest BCUT2D eigenvalue weighted by Crippen LogP contribution is -2.32. The van der Waals surface area contributed by atoms with Gasteiger partial charge in [0.2, 0.25) is 0 Å². The molecule has 0 fully saturated rings. The molecule has 0 spiro atoms. The normalized spacial score (nSPS) is 12.1. The lowest BCUT2D eigenvalue weighted by Gasteiger charge is -2.09. The van der Waals surface area contributed by atoms with Crippen LogP contribution < -0.4 is 11.3 Å². The number of rotatable bonds is 2. The Morgan fingerprint density at radius 3 is 2.50 bits per heavy atom. The van der Waals surface area contributed by atoms with Crippen LogP contribution in [0.4, 0.5) is 8.78 Å². The van der Waals surface area contributed by atoms with Crippen molar-refractivity contribution < 1.29 is 8.78 Å². The van der Waals surface area contributed by atoms with Crippen LogP contribution in [0.1, 0.15) is 19.4 Å². The molecule has 88 valence electrons. The molecule has 0 aliphatic heterocycles. The Labute approximate surface area is 97.3 Å². The van der Waals surface area contributed by atoms with Crippen molar-refractivity contribution >= 4 is 17.4 Å². The van der Waals surface area contributed by atoms with Gasteiger partial charge in [0.05, 0.1) is 10.6 Å². The topological polar surface area (TPSA) is 50.4 Å². The van der Waals surface area contributed by atoms with Crippen LogP contribution >= 0.6 is 11.6 Å². The number of hydrogen-bond donors (Lipinski definition) is 2. The highest BCUT2D eigenvalue weighted by Gasteiger charge is 2.13. The molecule has 0 bridgehead atoms. The average Bonchev–Trinajstić information content (AvgIpc) is 2.20. The highest BCUT2D eigenvalue weighted by Crippen LogP contribution is 2.19. The van der Waals surface area contributed by atoms with Crippen LogP contribution in [0, 0.1) is 11.6 Å². The van der Waals surface area contributed by atoms with Crippen LogP contribution in [0.3, 0.4) is 0 Å². The Morgan fingerprint density at radius 1 is 1.38 bits per heavy atom. The molecule has 1 rings (SSSR count). The standard InChI is InChI=1S/C10H12ClF2N3/c1-5(2)15-10(16-14)6-3-9(13)7(11)4-8(6)12/h3-5H,14H2,1-2H3,(H,15,16). The van der Waals surface area contributed by atoms with Gasteiger partial charge < -0.3 is 5.43 Å². The largest absolute Gasteiger partial charge is 0.308 e. The lowest BCUT2D eigenvalue weighted by molar-refractivity contribution is 0.597. The second-order valence-electron chi connectivity index (χ2n) is 3.46. The zero-order chi connectivity index (χ0) is 12.3. The quantitative estimate of drug-likeness (QED) is 0.277.